The molecule has 0 saturated carbocycles. The number of nitrogens with zero attached hydrogens (tertiary/aromatic N) is 5. The maximum atomic E-state index is 13.4. The average molecular weight is 540 g/mol. The second-order valence-electron chi connectivity index (χ2n) is 8.74. The van der Waals surface area contributed by atoms with E-state index in [-0.39, 0.29) is 11.6 Å². The summed E-state index contributed by atoms with van der Waals surface area (Å²) in [5, 5.41) is 5.40. The van der Waals surface area contributed by atoms with Crippen LogP contribution in [0.25, 0.3) is 10.9 Å². The van der Waals surface area contributed by atoms with E-state index in [0.717, 1.165) is 16.0 Å². The lowest BCUT2D eigenvalue weighted by atomic mass is 10.0. The van der Waals surface area contributed by atoms with Gasteiger partial charge in [0.25, 0.3) is 5.56 Å². The second-order valence-corrected chi connectivity index (χ2v) is 9.14. The Bertz CT molecular complexity index is 1690. The summed E-state index contributed by atoms with van der Waals surface area (Å²) in [6.07, 6.45) is 0.657. The normalized spacial score (nSPS) is 12.6. The summed E-state index contributed by atoms with van der Waals surface area (Å²) in [6.45, 7) is 1.45. The molecule has 0 aliphatic rings. The minimum absolute atomic E-state index is 0.257. The summed E-state index contributed by atoms with van der Waals surface area (Å²) in [6, 6.07) is 12.8. The van der Waals surface area contributed by atoms with E-state index in [1.165, 1.54) is 12.3 Å². The van der Waals surface area contributed by atoms with Crippen molar-refractivity contribution >= 4 is 22.5 Å². The molecule has 1 aromatic carbocycles. The predicted molar refractivity (Wildman–Crippen MR) is 136 cm³/mol. The van der Waals surface area contributed by atoms with E-state index in [1.807, 2.05) is 24.3 Å². The molecule has 0 bridgehead atoms. The third-order valence-electron chi connectivity index (χ3n) is 5.99. The summed E-state index contributed by atoms with van der Waals surface area (Å²) in [7, 11) is 1.75. The van der Waals surface area contributed by atoms with Gasteiger partial charge in [-0.25, -0.2) is 0 Å². The number of aromatic nitrogens is 5. The van der Waals surface area contributed by atoms with Gasteiger partial charge in [-0.05, 0) is 37.3 Å². The fraction of sp³-hybridized carbons (Fsp3) is 0.185. The minimum Gasteiger partial charge on any atom is -0.478 e. The largest absolute Gasteiger partial charge is 0.478 e. The minimum atomic E-state index is -4.79. The van der Waals surface area contributed by atoms with Gasteiger partial charge in [0.05, 0.1) is 23.5 Å². The number of fused-ring (bicyclic) bond motifs is 1. The number of pyridine rings is 3. The average Bonchev–Trinajstić information content (AvgIpc) is 3.29. The molecular formula is C27H21ClF3N5O2. The number of aryl methyl sites for hydroxylation is 2. The number of para-hydroxylation sites is 1. The molecule has 0 aliphatic carbocycles. The zero-order valence-electron chi connectivity index (χ0n) is 20.3. The highest BCUT2D eigenvalue weighted by molar-refractivity contribution is 6.31. The Kier molecular flexibility index (Phi) is 6.66. The fourth-order valence-electron chi connectivity index (χ4n) is 4.31. The van der Waals surface area contributed by atoms with Crippen LogP contribution in [0.3, 0.4) is 0 Å². The van der Waals surface area contributed by atoms with Crippen molar-refractivity contribution in [2.75, 3.05) is 0 Å². The first kappa shape index (κ1) is 25.5. The zero-order chi connectivity index (χ0) is 27.0. The van der Waals surface area contributed by atoms with Crippen LogP contribution in [0, 0.1) is 6.92 Å². The van der Waals surface area contributed by atoms with Crippen LogP contribution in [-0.4, -0.2) is 24.3 Å². The zero-order valence-corrected chi connectivity index (χ0v) is 21.0. The Morgan fingerprint density at radius 1 is 1.13 bits per heavy atom. The molecule has 0 spiro atoms. The molecule has 0 radical (unpaired) electrons. The Hall–Kier alpha value is -4.18. The fourth-order valence-corrected chi connectivity index (χ4v) is 4.67. The van der Waals surface area contributed by atoms with Crippen LogP contribution in [0.1, 0.15) is 34.2 Å². The molecule has 1 unspecified atom stereocenters. The number of halogens is 4. The third-order valence-corrected chi connectivity index (χ3v) is 6.30. The number of benzene rings is 1. The van der Waals surface area contributed by atoms with Gasteiger partial charge in [0, 0.05) is 47.8 Å². The van der Waals surface area contributed by atoms with E-state index in [2.05, 4.69) is 15.1 Å². The van der Waals surface area contributed by atoms with Gasteiger partial charge < -0.3 is 9.30 Å². The maximum Gasteiger partial charge on any atom is 0.421 e. The Morgan fingerprint density at radius 2 is 1.92 bits per heavy atom. The van der Waals surface area contributed by atoms with E-state index in [0.29, 0.717) is 33.8 Å². The molecule has 11 heteroatoms. The molecule has 4 heterocycles. The van der Waals surface area contributed by atoms with Gasteiger partial charge in [-0.3, -0.25) is 19.4 Å². The van der Waals surface area contributed by atoms with Gasteiger partial charge in [-0.2, -0.15) is 18.3 Å². The lowest BCUT2D eigenvalue weighted by molar-refractivity contribution is -0.138. The quantitative estimate of drug-likeness (QED) is 0.276. The van der Waals surface area contributed by atoms with E-state index in [9.17, 15) is 18.0 Å². The molecule has 0 amide bonds. The molecular weight excluding hydrogens is 519 g/mol. The maximum absolute atomic E-state index is 13.4. The number of ether oxygens (including phenoxy) is 1. The second kappa shape index (κ2) is 9.94. The van der Waals surface area contributed by atoms with E-state index >= 15 is 0 Å². The van der Waals surface area contributed by atoms with Gasteiger partial charge in [0.1, 0.15) is 16.8 Å². The molecule has 5 rings (SSSR count). The molecule has 0 saturated heterocycles. The number of hydrogen-bond acceptors (Lipinski definition) is 5. The number of rotatable bonds is 6. The first-order valence-corrected chi connectivity index (χ1v) is 11.9. The van der Waals surface area contributed by atoms with Crippen molar-refractivity contribution < 1.29 is 17.9 Å². The summed E-state index contributed by atoms with van der Waals surface area (Å²) >= 11 is 6.75. The highest BCUT2D eigenvalue weighted by Crippen LogP contribution is 2.37. The first-order valence-electron chi connectivity index (χ1n) is 11.5. The Morgan fingerprint density at radius 3 is 2.66 bits per heavy atom. The van der Waals surface area contributed by atoms with Crippen molar-refractivity contribution in [1.29, 1.82) is 0 Å². The van der Waals surface area contributed by atoms with E-state index in [4.69, 9.17) is 16.3 Å². The van der Waals surface area contributed by atoms with Crippen molar-refractivity contribution in [2.45, 2.75) is 25.7 Å². The smallest absolute Gasteiger partial charge is 0.421 e. The molecule has 0 N–H and O–H groups in total. The van der Waals surface area contributed by atoms with Crippen molar-refractivity contribution in [3.63, 3.8) is 0 Å². The van der Waals surface area contributed by atoms with Crippen molar-refractivity contribution in [1.82, 2.24) is 24.3 Å². The molecule has 38 heavy (non-hydrogen) atoms. The van der Waals surface area contributed by atoms with Gasteiger partial charge in [-0.1, -0.05) is 29.8 Å². The summed E-state index contributed by atoms with van der Waals surface area (Å²) in [5.41, 5.74) is 0.0394. The Labute approximate surface area is 220 Å². The lowest BCUT2D eigenvalue weighted by Crippen LogP contribution is -2.29. The van der Waals surface area contributed by atoms with Gasteiger partial charge in [0.2, 0.25) is 0 Å². The van der Waals surface area contributed by atoms with Crippen LogP contribution < -0.4 is 10.3 Å². The van der Waals surface area contributed by atoms with Crippen LogP contribution in [-0.2, 0) is 19.8 Å². The lowest BCUT2D eigenvalue weighted by Gasteiger charge is -2.23. The van der Waals surface area contributed by atoms with Gasteiger partial charge in [0.15, 0.2) is 6.10 Å². The SMILES string of the molecule is Cc1cc(Cl)c(C(Oc2cccc3cccnc23)c2cnn(C)c2)c(Cn2cccc(C(F)(F)F)c2=O)n1. The third kappa shape index (κ3) is 4.99. The van der Waals surface area contributed by atoms with Gasteiger partial charge in [-0.15, -0.1) is 0 Å². The van der Waals surface area contributed by atoms with Crippen molar-refractivity contribution in [2.24, 2.45) is 7.05 Å². The topological polar surface area (TPSA) is 74.8 Å². The molecule has 1 atom stereocenters. The molecule has 7 nitrogen and oxygen atoms in total. The molecule has 4 aromatic heterocycles. The van der Waals surface area contributed by atoms with Crippen LogP contribution in [0.4, 0.5) is 13.2 Å². The van der Waals surface area contributed by atoms with E-state index in [1.54, 1.807) is 49.4 Å². The van der Waals surface area contributed by atoms with Gasteiger partial charge >= 0.3 is 6.18 Å². The summed E-state index contributed by atoms with van der Waals surface area (Å²) in [5.74, 6) is 0.468. The Balaban J connectivity index is 1.67. The molecule has 194 valence electrons. The number of hydrogen-bond donors (Lipinski definition) is 0. The monoisotopic (exact) mass is 539 g/mol. The highest BCUT2D eigenvalue weighted by atomic mass is 35.5. The predicted octanol–water partition coefficient (Wildman–Crippen LogP) is 5.72. The first-order chi connectivity index (χ1) is 18.1. The van der Waals surface area contributed by atoms with Crippen LogP contribution in [0.5, 0.6) is 5.75 Å². The van der Waals surface area contributed by atoms with Crippen molar-refractivity contribution in [3.8, 4) is 5.75 Å². The highest BCUT2D eigenvalue weighted by Gasteiger charge is 2.34. The molecule has 0 fully saturated rings. The standard InChI is InChI=1S/C27H21ClF3N5O2/c1-16-12-20(28)23(21(34-16)15-36-11-5-8-19(26(36)37)27(29,30)31)25(18-13-33-35(2)14-18)38-22-9-3-6-17-7-4-10-32-24(17)22/h3-14,25H,15H2,1-2H3. The summed E-state index contributed by atoms with van der Waals surface area (Å²) in [4.78, 5) is 21.7. The van der Waals surface area contributed by atoms with Crippen molar-refractivity contribution in [3.05, 3.63) is 117 Å². The van der Waals surface area contributed by atoms with Crippen LogP contribution in [0.15, 0.2) is 78.1 Å². The molecule has 5 aromatic rings. The molecule has 0 aliphatic heterocycles. The van der Waals surface area contributed by atoms with E-state index < -0.39 is 23.4 Å². The van der Waals surface area contributed by atoms with Crippen LogP contribution in [0.2, 0.25) is 5.02 Å². The van der Waals surface area contributed by atoms with Crippen LogP contribution >= 0.6 is 11.6 Å². The number of alkyl halides is 3. The summed E-state index contributed by atoms with van der Waals surface area (Å²) < 4.78 is 49.3.